The number of nitrogens with one attached hydrogen (secondary N) is 1. The van der Waals surface area contributed by atoms with E-state index in [2.05, 4.69) is 34.4 Å². The second-order valence-corrected chi connectivity index (χ2v) is 5.41. The van der Waals surface area contributed by atoms with Crippen LogP contribution in [0.3, 0.4) is 0 Å². The number of aromatic nitrogens is 1. The molecule has 0 spiro atoms. The van der Waals surface area contributed by atoms with Gasteiger partial charge in [-0.2, -0.15) is 0 Å². The fraction of sp³-hybridized carbons (Fsp3) is 0.750. The zero-order chi connectivity index (χ0) is 11.4. The van der Waals surface area contributed by atoms with Crippen molar-refractivity contribution in [1.82, 2.24) is 10.3 Å². The second kappa shape index (κ2) is 5.64. The van der Waals surface area contributed by atoms with E-state index >= 15 is 0 Å². The van der Waals surface area contributed by atoms with Crippen LogP contribution >= 0.6 is 11.3 Å². The molecule has 0 radical (unpaired) electrons. The largest absolute Gasteiger partial charge is 0.348 e. The van der Waals surface area contributed by atoms with Gasteiger partial charge in [-0.15, -0.1) is 11.3 Å². The van der Waals surface area contributed by atoms with E-state index in [1.165, 1.54) is 36.8 Å². The lowest BCUT2D eigenvalue weighted by Crippen LogP contribution is -2.32. The molecule has 1 aliphatic rings. The smallest absolute Gasteiger partial charge is 0.185 e. The highest BCUT2D eigenvalue weighted by Gasteiger charge is 2.18. The molecule has 0 saturated carbocycles. The molecule has 2 rings (SSSR count). The number of hydrogen-bond acceptors (Lipinski definition) is 4. The Morgan fingerprint density at radius 3 is 2.94 bits per heavy atom. The molecule has 0 aromatic carbocycles. The van der Waals surface area contributed by atoms with Crippen LogP contribution < -0.4 is 10.2 Å². The maximum atomic E-state index is 4.68. The van der Waals surface area contributed by atoms with E-state index in [0.717, 1.165) is 19.0 Å². The minimum Gasteiger partial charge on any atom is -0.348 e. The van der Waals surface area contributed by atoms with Gasteiger partial charge in [-0.25, -0.2) is 4.98 Å². The van der Waals surface area contributed by atoms with Gasteiger partial charge in [-0.1, -0.05) is 13.8 Å². The van der Waals surface area contributed by atoms with Crippen LogP contribution in [0.1, 0.15) is 32.4 Å². The number of rotatable bonds is 4. The van der Waals surface area contributed by atoms with Crippen molar-refractivity contribution < 1.29 is 0 Å². The Morgan fingerprint density at radius 1 is 1.50 bits per heavy atom. The molecular formula is C12H21N3S. The molecule has 0 atom stereocenters. The first-order chi connectivity index (χ1) is 7.79. The molecule has 0 amide bonds. The Kier molecular flexibility index (Phi) is 4.18. The Morgan fingerprint density at radius 2 is 2.25 bits per heavy atom. The van der Waals surface area contributed by atoms with Gasteiger partial charge in [-0.3, -0.25) is 0 Å². The van der Waals surface area contributed by atoms with Gasteiger partial charge in [0.15, 0.2) is 5.13 Å². The van der Waals surface area contributed by atoms with Crippen molar-refractivity contribution >= 4 is 16.5 Å². The summed E-state index contributed by atoms with van der Waals surface area (Å²) in [5.74, 6) is 0.887. The molecule has 1 aromatic heterocycles. The number of piperidine rings is 1. The van der Waals surface area contributed by atoms with Crippen molar-refractivity contribution in [2.45, 2.75) is 33.2 Å². The van der Waals surface area contributed by atoms with E-state index < -0.39 is 0 Å². The first kappa shape index (κ1) is 11.9. The van der Waals surface area contributed by atoms with E-state index in [4.69, 9.17) is 0 Å². The van der Waals surface area contributed by atoms with Crippen molar-refractivity contribution in [1.29, 1.82) is 0 Å². The highest BCUT2D eigenvalue weighted by molar-refractivity contribution is 7.13. The molecule has 0 aliphatic carbocycles. The molecular weight excluding hydrogens is 218 g/mol. The molecule has 0 unspecified atom stereocenters. The van der Waals surface area contributed by atoms with Crippen LogP contribution in [0, 0.1) is 5.92 Å². The summed E-state index contributed by atoms with van der Waals surface area (Å²) in [5, 5.41) is 6.70. The van der Waals surface area contributed by atoms with Crippen LogP contribution in [-0.2, 0) is 6.54 Å². The predicted octanol–water partition coefficient (Wildman–Crippen LogP) is 2.49. The maximum absolute atomic E-state index is 4.68. The van der Waals surface area contributed by atoms with E-state index in [9.17, 15) is 0 Å². The number of nitrogens with zero attached hydrogens (tertiary/aromatic N) is 2. The first-order valence-corrected chi connectivity index (χ1v) is 7.07. The normalized spacial score (nSPS) is 18.0. The summed E-state index contributed by atoms with van der Waals surface area (Å²) in [6.07, 6.45) is 2.62. The van der Waals surface area contributed by atoms with Crippen molar-refractivity contribution in [2.24, 2.45) is 5.92 Å². The summed E-state index contributed by atoms with van der Waals surface area (Å²) in [6, 6.07) is 0. The third kappa shape index (κ3) is 2.95. The van der Waals surface area contributed by atoms with Crippen LogP contribution in [0.5, 0.6) is 0 Å². The quantitative estimate of drug-likeness (QED) is 0.875. The topological polar surface area (TPSA) is 28.2 Å². The van der Waals surface area contributed by atoms with Crippen molar-refractivity contribution in [3.8, 4) is 0 Å². The zero-order valence-electron chi connectivity index (χ0n) is 10.2. The third-order valence-corrected chi connectivity index (χ3v) is 4.10. The molecule has 4 heteroatoms. The third-order valence-electron chi connectivity index (χ3n) is 3.15. The highest BCUT2D eigenvalue weighted by Crippen LogP contribution is 2.25. The van der Waals surface area contributed by atoms with Gasteiger partial charge in [0.05, 0.1) is 5.69 Å². The average Bonchev–Trinajstić information content (AvgIpc) is 2.76. The molecule has 16 heavy (non-hydrogen) atoms. The predicted molar refractivity (Wildman–Crippen MR) is 70.1 cm³/mol. The molecule has 1 aromatic rings. The molecule has 90 valence electrons. The second-order valence-electron chi connectivity index (χ2n) is 4.57. The average molecular weight is 239 g/mol. The summed E-state index contributed by atoms with van der Waals surface area (Å²) in [6.45, 7) is 8.73. The number of thiazole rings is 1. The summed E-state index contributed by atoms with van der Waals surface area (Å²) < 4.78 is 0. The molecule has 0 bridgehead atoms. The standard InChI is InChI=1S/C12H21N3S/c1-3-13-8-11-9-16-12(14-11)15-6-4-10(2)5-7-15/h9-10,13H,3-8H2,1-2H3. The van der Waals surface area contributed by atoms with Gasteiger partial charge in [0.2, 0.25) is 0 Å². The van der Waals surface area contributed by atoms with Gasteiger partial charge >= 0.3 is 0 Å². The van der Waals surface area contributed by atoms with Crippen LogP contribution in [0.2, 0.25) is 0 Å². The maximum Gasteiger partial charge on any atom is 0.185 e. The van der Waals surface area contributed by atoms with E-state index in [-0.39, 0.29) is 0 Å². The molecule has 3 nitrogen and oxygen atoms in total. The van der Waals surface area contributed by atoms with Gasteiger partial charge in [0.1, 0.15) is 0 Å². The minimum absolute atomic E-state index is 0.887. The van der Waals surface area contributed by atoms with E-state index in [1.54, 1.807) is 11.3 Å². The Hall–Kier alpha value is -0.610. The lowest BCUT2D eigenvalue weighted by molar-refractivity contribution is 0.438. The molecule has 1 saturated heterocycles. The van der Waals surface area contributed by atoms with Gasteiger partial charge < -0.3 is 10.2 Å². The SMILES string of the molecule is CCNCc1csc(N2CCC(C)CC2)n1. The summed E-state index contributed by atoms with van der Waals surface area (Å²) in [7, 11) is 0. The van der Waals surface area contributed by atoms with E-state index in [0.29, 0.717) is 0 Å². The van der Waals surface area contributed by atoms with E-state index in [1.807, 2.05) is 0 Å². The molecule has 1 fully saturated rings. The summed E-state index contributed by atoms with van der Waals surface area (Å²) in [5.41, 5.74) is 1.18. The Bertz CT molecular complexity index is 316. The summed E-state index contributed by atoms with van der Waals surface area (Å²) in [4.78, 5) is 7.11. The lowest BCUT2D eigenvalue weighted by Gasteiger charge is -2.29. The Labute approximate surface area is 102 Å². The molecule has 2 heterocycles. The lowest BCUT2D eigenvalue weighted by atomic mass is 10.00. The van der Waals surface area contributed by atoms with Crippen molar-refractivity contribution in [3.05, 3.63) is 11.1 Å². The van der Waals surface area contributed by atoms with Crippen LogP contribution in [0.15, 0.2) is 5.38 Å². The minimum atomic E-state index is 0.887. The number of anilines is 1. The van der Waals surface area contributed by atoms with Gasteiger partial charge in [0, 0.05) is 25.0 Å². The van der Waals surface area contributed by atoms with Crippen LogP contribution in [0.25, 0.3) is 0 Å². The van der Waals surface area contributed by atoms with Crippen LogP contribution in [-0.4, -0.2) is 24.6 Å². The van der Waals surface area contributed by atoms with Crippen LogP contribution in [0.4, 0.5) is 5.13 Å². The fourth-order valence-corrected chi connectivity index (χ4v) is 2.85. The van der Waals surface area contributed by atoms with Gasteiger partial charge in [-0.05, 0) is 25.3 Å². The number of hydrogen-bond donors (Lipinski definition) is 1. The zero-order valence-corrected chi connectivity index (χ0v) is 11.0. The van der Waals surface area contributed by atoms with Crippen molar-refractivity contribution in [2.75, 3.05) is 24.5 Å². The van der Waals surface area contributed by atoms with Gasteiger partial charge in [0.25, 0.3) is 0 Å². The van der Waals surface area contributed by atoms with Crippen molar-refractivity contribution in [3.63, 3.8) is 0 Å². The monoisotopic (exact) mass is 239 g/mol. The molecule has 1 aliphatic heterocycles. The first-order valence-electron chi connectivity index (χ1n) is 6.19. The summed E-state index contributed by atoms with van der Waals surface area (Å²) >= 11 is 1.78. The molecule has 1 N–H and O–H groups in total. The fourth-order valence-electron chi connectivity index (χ4n) is 1.98. The highest BCUT2D eigenvalue weighted by atomic mass is 32.1. The Balaban J connectivity index is 1.91.